The van der Waals surface area contributed by atoms with Gasteiger partial charge < -0.3 is 5.32 Å². The molecule has 1 N–H and O–H groups in total. The summed E-state index contributed by atoms with van der Waals surface area (Å²) in [5.74, 6) is 1.91. The number of nitrogens with one attached hydrogen (secondary N) is 1. The summed E-state index contributed by atoms with van der Waals surface area (Å²) >= 11 is 0. The van der Waals surface area contributed by atoms with E-state index in [1.54, 1.807) is 0 Å². The molecule has 0 heterocycles. The van der Waals surface area contributed by atoms with Crippen LogP contribution in [0.3, 0.4) is 0 Å². The van der Waals surface area contributed by atoms with Crippen LogP contribution in [0.15, 0.2) is 12.7 Å². The second-order valence-corrected chi connectivity index (χ2v) is 5.71. The summed E-state index contributed by atoms with van der Waals surface area (Å²) in [5.41, 5.74) is 0. The van der Waals surface area contributed by atoms with Gasteiger partial charge in [-0.2, -0.15) is 0 Å². The fourth-order valence-corrected chi connectivity index (χ4v) is 3.05. The molecule has 16 heavy (non-hydrogen) atoms. The molecule has 2 aliphatic rings. The lowest BCUT2D eigenvalue weighted by Gasteiger charge is -2.25. The van der Waals surface area contributed by atoms with Gasteiger partial charge in [0.25, 0.3) is 0 Å². The Labute approximate surface area is 101 Å². The molecule has 0 aromatic heterocycles. The molecule has 1 nitrogen and oxygen atoms in total. The van der Waals surface area contributed by atoms with Gasteiger partial charge in [-0.15, -0.1) is 6.58 Å². The first kappa shape index (κ1) is 12.2. The van der Waals surface area contributed by atoms with E-state index in [1.165, 1.54) is 64.3 Å². The number of hydrogen-bond acceptors (Lipinski definition) is 1. The van der Waals surface area contributed by atoms with Crippen LogP contribution >= 0.6 is 0 Å². The standard InChI is InChI=1S/C15H27N/c1-2-3-7-13-8-5-4-6-9-14(13)12-16-15-10-11-15/h2,13-16H,1,3-12H2. The SMILES string of the molecule is C=CCCC1CCCCCC1CNC1CC1. The van der Waals surface area contributed by atoms with Crippen molar-refractivity contribution in [3.63, 3.8) is 0 Å². The van der Waals surface area contributed by atoms with Gasteiger partial charge in [-0.05, 0) is 50.5 Å². The molecule has 2 saturated carbocycles. The number of allylic oxidation sites excluding steroid dienone is 1. The first-order chi connectivity index (χ1) is 7.90. The average molecular weight is 221 g/mol. The molecule has 0 bridgehead atoms. The quantitative estimate of drug-likeness (QED) is 0.530. The third kappa shape index (κ3) is 3.93. The van der Waals surface area contributed by atoms with E-state index in [1.807, 2.05) is 0 Å². The summed E-state index contributed by atoms with van der Waals surface area (Å²) in [6, 6.07) is 0.878. The number of hydrogen-bond donors (Lipinski definition) is 1. The topological polar surface area (TPSA) is 12.0 Å². The van der Waals surface area contributed by atoms with Gasteiger partial charge in [0.15, 0.2) is 0 Å². The Morgan fingerprint density at radius 2 is 1.75 bits per heavy atom. The smallest absolute Gasteiger partial charge is 0.00683 e. The highest BCUT2D eigenvalue weighted by atomic mass is 14.9. The summed E-state index contributed by atoms with van der Waals surface area (Å²) in [4.78, 5) is 0. The fourth-order valence-electron chi connectivity index (χ4n) is 3.05. The minimum atomic E-state index is 0.878. The van der Waals surface area contributed by atoms with Gasteiger partial charge in [0.05, 0.1) is 0 Å². The minimum Gasteiger partial charge on any atom is -0.314 e. The highest BCUT2D eigenvalue weighted by molar-refractivity contribution is 4.84. The van der Waals surface area contributed by atoms with Gasteiger partial charge in [-0.3, -0.25) is 0 Å². The predicted molar refractivity (Wildman–Crippen MR) is 70.5 cm³/mol. The molecule has 0 aliphatic heterocycles. The van der Waals surface area contributed by atoms with Crippen LogP contribution in [-0.2, 0) is 0 Å². The van der Waals surface area contributed by atoms with Crippen molar-refractivity contribution < 1.29 is 0 Å². The molecule has 0 spiro atoms. The average Bonchev–Trinajstić information content (AvgIpc) is 3.11. The minimum absolute atomic E-state index is 0.878. The zero-order valence-corrected chi connectivity index (χ0v) is 10.6. The van der Waals surface area contributed by atoms with E-state index in [4.69, 9.17) is 0 Å². The molecular weight excluding hydrogens is 194 g/mol. The van der Waals surface area contributed by atoms with Crippen LogP contribution in [0, 0.1) is 11.8 Å². The zero-order valence-electron chi connectivity index (χ0n) is 10.6. The van der Waals surface area contributed by atoms with Gasteiger partial charge >= 0.3 is 0 Å². The van der Waals surface area contributed by atoms with Crippen molar-refractivity contribution in [2.75, 3.05) is 6.54 Å². The molecule has 0 aromatic rings. The molecule has 2 aliphatic carbocycles. The highest BCUT2D eigenvalue weighted by Gasteiger charge is 2.26. The Bertz CT molecular complexity index is 207. The lowest BCUT2D eigenvalue weighted by molar-refractivity contribution is 0.284. The molecule has 2 unspecified atom stereocenters. The van der Waals surface area contributed by atoms with E-state index < -0.39 is 0 Å². The second kappa shape index (κ2) is 6.44. The van der Waals surface area contributed by atoms with Crippen molar-refractivity contribution in [3.05, 3.63) is 12.7 Å². The molecule has 0 saturated heterocycles. The Kier molecular flexibility index (Phi) is 4.90. The molecular formula is C15H27N. The first-order valence-corrected chi connectivity index (χ1v) is 7.24. The monoisotopic (exact) mass is 221 g/mol. The van der Waals surface area contributed by atoms with Crippen molar-refractivity contribution in [3.8, 4) is 0 Å². The van der Waals surface area contributed by atoms with Gasteiger partial charge in [0.2, 0.25) is 0 Å². The molecule has 92 valence electrons. The van der Waals surface area contributed by atoms with Gasteiger partial charge in [0.1, 0.15) is 0 Å². The lowest BCUT2D eigenvalue weighted by Crippen LogP contribution is -2.29. The van der Waals surface area contributed by atoms with Crippen LogP contribution in [0.5, 0.6) is 0 Å². The van der Waals surface area contributed by atoms with Gasteiger partial charge in [-0.25, -0.2) is 0 Å². The summed E-state index contributed by atoms with van der Waals surface area (Å²) in [5, 5.41) is 3.73. The molecule has 2 rings (SSSR count). The van der Waals surface area contributed by atoms with E-state index in [0.29, 0.717) is 0 Å². The summed E-state index contributed by atoms with van der Waals surface area (Å²) in [6.45, 7) is 5.15. The van der Waals surface area contributed by atoms with Crippen molar-refractivity contribution in [2.45, 2.75) is 63.8 Å². The van der Waals surface area contributed by atoms with E-state index in [-0.39, 0.29) is 0 Å². The van der Waals surface area contributed by atoms with Crippen molar-refractivity contribution in [1.29, 1.82) is 0 Å². The molecule has 2 fully saturated rings. The Hall–Kier alpha value is -0.300. The number of rotatable bonds is 6. The second-order valence-electron chi connectivity index (χ2n) is 5.71. The Balaban J connectivity index is 1.78. The molecule has 0 amide bonds. The van der Waals surface area contributed by atoms with Crippen LogP contribution < -0.4 is 5.32 Å². The third-order valence-corrected chi connectivity index (χ3v) is 4.30. The van der Waals surface area contributed by atoms with Crippen LogP contribution in [0.25, 0.3) is 0 Å². The maximum Gasteiger partial charge on any atom is 0.00683 e. The van der Waals surface area contributed by atoms with Gasteiger partial charge in [-0.1, -0.05) is 31.8 Å². The summed E-state index contributed by atoms with van der Waals surface area (Å²) in [6.07, 6.45) is 14.8. The van der Waals surface area contributed by atoms with Crippen LogP contribution in [-0.4, -0.2) is 12.6 Å². The maximum atomic E-state index is 3.86. The van der Waals surface area contributed by atoms with Crippen LogP contribution in [0.4, 0.5) is 0 Å². The fraction of sp³-hybridized carbons (Fsp3) is 0.867. The summed E-state index contributed by atoms with van der Waals surface area (Å²) < 4.78 is 0. The highest BCUT2D eigenvalue weighted by Crippen LogP contribution is 2.32. The predicted octanol–water partition coefficient (Wildman–Crippen LogP) is 3.90. The van der Waals surface area contributed by atoms with Crippen molar-refractivity contribution in [1.82, 2.24) is 5.32 Å². The third-order valence-electron chi connectivity index (χ3n) is 4.30. The molecule has 0 radical (unpaired) electrons. The van der Waals surface area contributed by atoms with E-state index in [2.05, 4.69) is 18.0 Å². The lowest BCUT2D eigenvalue weighted by atomic mass is 9.84. The normalized spacial score (nSPS) is 31.0. The van der Waals surface area contributed by atoms with Crippen LogP contribution in [0.1, 0.15) is 57.8 Å². The first-order valence-electron chi connectivity index (χ1n) is 7.24. The summed E-state index contributed by atoms with van der Waals surface area (Å²) in [7, 11) is 0. The van der Waals surface area contributed by atoms with E-state index in [0.717, 1.165) is 17.9 Å². The van der Waals surface area contributed by atoms with E-state index in [9.17, 15) is 0 Å². The van der Waals surface area contributed by atoms with Crippen molar-refractivity contribution >= 4 is 0 Å². The largest absolute Gasteiger partial charge is 0.314 e. The van der Waals surface area contributed by atoms with Crippen molar-refractivity contribution in [2.24, 2.45) is 11.8 Å². The van der Waals surface area contributed by atoms with Gasteiger partial charge in [0, 0.05) is 6.04 Å². The Morgan fingerprint density at radius 3 is 2.44 bits per heavy atom. The Morgan fingerprint density at radius 1 is 1.00 bits per heavy atom. The van der Waals surface area contributed by atoms with E-state index >= 15 is 0 Å². The molecule has 0 aromatic carbocycles. The molecule has 1 heteroatoms. The van der Waals surface area contributed by atoms with Crippen LogP contribution in [0.2, 0.25) is 0 Å². The maximum absolute atomic E-state index is 3.86. The zero-order chi connectivity index (χ0) is 11.2. The molecule has 2 atom stereocenters.